The van der Waals surface area contributed by atoms with Crippen LogP contribution in [-0.2, 0) is 14.4 Å². The smallest absolute Gasteiger partial charge is 0.201 e. The van der Waals surface area contributed by atoms with E-state index in [1.807, 2.05) is 0 Å². The Morgan fingerprint density at radius 1 is 0.864 bits per heavy atom. The summed E-state index contributed by atoms with van der Waals surface area (Å²) in [6.45, 7) is 4.45. The topological polar surface area (TPSA) is 51.2 Å². The van der Waals surface area contributed by atoms with E-state index in [9.17, 15) is 14.4 Å². The van der Waals surface area contributed by atoms with Gasteiger partial charge in [-0.25, -0.2) is 0 Å². The predicted octanol–water partition coefficient (Wildman–Crippen LogP) is 3.35. The molecule has 0 aliphatic heterocycles. The van der Waals surface area contributed by atoms with E-state index >= 15 is 0 Å². The molecule has 0 N–H and O–H groups in total. The molecular formula is C19H26O3. The third-order valence-electron chi connectivity index (χ3n) is 8.06. The van der Waals surface area contributed by atoms with Crippen LogP contribution in [0.5, 0.6) is 0 Å². The molecule has 4 aliphatic rings. The summed E-state index contributed by atoms with van der Waals surface area (Å²) < 4.78 is 0. The van der Waals surface area contributed by atoms with Crippen molar-refractivity contribution >= 4 is 17.3 Å². The number of ketones is 3. The van der Waals surface area contributed by atoms with E-state index < -0.39 is 0 Å². The normalized spacial score (nSPS) is 51.3. The minimum Gasteiger partial charge on any atom is -0.299 e. The second-order valence-corrected chi connectivity index (χ2v) is 8.72. The van der Waals surface area contributed by atoms with Crippen LogP contribution >= 0.6 is 0 Å². The number of hydrogen-bond donors (Lipinski definition) is 0. The zero-order valence-electron chi connectivity index (χ0n) is 13.7. The van der Waals surface area contributed by atoms with Crippen LogP contribution in [0.25, 0.3) is 0 Å². The molecule has 0 spiro atoms. The Morgan fingerprint density at radius 2 is 1.64 bits per heavy atom. The number of rotatable bonds is 0. The Balaban J connectivity index is 1.68. The Kier molecular flexibility index (Phi) is 3.00. The Hall–Kier alpha value is -0.990. The largest absolute Gasteiger partial charge is 0.299 e. The lowest BCUT2D eigenvalue weighted by molar-refractivity contribution is -0.158. The van der Waals surface area contributed by atoms with Crippen molar-refractivity contribution in [3.8, 4) is 0 Å². The number of carbonyl (C=O) groups is 3. The van der Waals surface area contributed by atoms with E-state index in [-0.39, 0.29) is 28.3 Å². The van der Waals surface area contributed by atoms with E-state index in [1.54, 1.807) is 0 Å². The molecule has 0 heterocycles. The third kappa shape index (κ3) is 1.66. The van der Waals surface area contributed by atoms with Gasteiger partial charge in [-0.1, -0.05) is 13.8 Å². The highest BCUT2D eigenvalue weighted by Gasteiger charge is 2.61. The molecule has 0 bridgehead atoms. The zero-order chi connectivity index (χ0) is 15.7. The fraction of sp³-hybridized carbons (Fsp3) is 0.842. The Bertz CT molecular complexity index is 565. The molecule has 4 aliphatic carbocycles. The summed E-state index contributed by atoms with van der Waals surface area (Å²) in [5.74, 6) is 1.83. The summed E-state index contributed by atoms with van der Waals surface area (Å²) in [6, 6.07) is 0. The molecule has 6 unspecified atom stereocenters. The molecule has 4 rings (SSSR count). The molecule has 120 valence electrons. The fourth-order valence-electron chi connectivity index (χ4n) is 6.72. The average molecular weight is 302 g/mol. The van der Waals surface area contributed by atoms with Crippen LogP contribution in [0, 0.1) is 34.5 Å². The van der Waals surface area contributed by atoms with Crippen molar-refractivity contribution in [1.82, 2.24) is 0 Å². The van der Waals surface area contributed by atoms with Gasteiger partial charge in [-0.05, 0) is 61.7 Å². The van der Waals surface area contributed by atoms with Gasteiger partial charge < -0.3 is 0 Å². The Labute approximate surface area is 132 Å². The maximum atomic E-state index is 12.4. The molecule has 0 saturated heterocycles. The summed E-state index contributed by atoms with van der Waals surface area (Å²) in [5.41, 5.74) is -0.0975. The molecular weight excluding hydrogens is 276 g/mol. The van der Waals surface area contributed by atoms with Crippen LogP contribution < -0.4 is 0 Å². The average Bonchev–Trinajstić information content (AvgIpc) is 2.79. The van der Waals surface area contributed by atoms with Crippen molar-refractivity contribution in [2.75, 3.05) is 0 Å². The van der Waals surface area contributed by atoms with Gasteiger partial charge in [-0.3, -0.25) is 14.4 Å². The van der Waals surface area contributed by atoms with Crippen LogP contribution in [-0.4, -0.2) is 17.3 Å². The molecule has 3 heteroatoms. The molecule has 0 aromatic heterocycles. The monoisotopic (exact) mass is 302 g/mol. The number of carbonyl (C=O) groups excluding carboxylic acids is 3. The predicted molar refractivity (Wildman–Crippen MR) is 82.1 cm³/mol. The van der Waals surface area contributed by atoms with Gasteiger partial charge in [0.15, 0.2) is 5.78 Å². The van der Waals surface area contributed by atoms with Gasteiger partial charge in [0.05, 0.1) is 0 Å². The summed E-state index contributed by atoms with van der Waals surface area (Å²) in [7, 11) is 0. The standard InChI is InChI=1S/C19H26O3/c1-18-10-8-15(20)17(22)14(18)4-3-11-12-5-6-16(21)19(12,2)9-7-13(11)18/h11-14H,3-10H2,1-2H3. The van der Waals surface area contributed by atoms with Crippen LogP contribution in [0.4, 0.5) is 0 Å². The number of fused-ring (bicyclic) bond motifs is 5. The lowest BCUT2D eigenvalue weighted by atomic mass is 9.45. The van der Waals surface area contributed by atoms with Gasteiger partial charge >= 0.3 is 0 Å². The highest BCUT2D eigenvalue weighted by atomic mass is 16.2. The first-order valence-corrected chi connectivity index (χ1v) is 8.98. The summed E-state index contributed by atoms with van der Waals surface area (Å²) in [6.07, 6.45) is 7.07. The molecule has 0 aromatic carbocycles. The first kappa shape index (κ1) is 14.6. The molecule has 0 aromatic rings. The first-order valence-electron chi connectivity index (χ1n) is 8.98. The highest BCUT2D eigenvalue weighted by molar-refractivity contribution is 6.38. The summed E-state index contributed by atoms with van der Waals surface area (Å²) in [4.78, 5) is 36.6. The van der Waals surface area contributed by atoms with Gasteiger partial charge in [-0.15, -0.1) is 0 Å². The van der Waals surface area contributed by atoms with Crippen molar-refractivity contribution in [1.29, 1.82) is 0 Å². The molecule has 4 fully saturated rings. The van der Waals surface area contributed by atoms with Crippen molar-refractivity contribution < 1.29 is 14.4 Å². The van der Waals surface area contributed by atoms with Crippen LogP contribution in [0.15, 0.2) is 0 Å². The van der Waals surface area contributed by atoms with Gasteiger partial charge in [0, 0.05) is 24.2 Å². The van der Waals surface area contributed by atoms with Gasteiger partial charge in [0.25, 0.3) is 0 Å². The van der Waals surface area contributed by atoms with E-state index in [2.05, 4.69) is 13.8 Å². The van der Waals surface area contributed by atoms with Crippen LogP contribution in [0.1, 0.15) is 65.2 Å². The minimum atomic E-state index is -0.141. The van der Waals surface area contributed by atoms with Crippen molar-refractivity contribution in [2.24, 2.45) is 34.5 Å². The lowest BCUT2D eigenvalue weighted by Gasteiger charge is -2.58. The van der Waals surface area contributed by atoms with Crippen LogP contribution in [0.3, 0.4) is 0 Å². The SMILES string of the molecule is CC12CCC3C(CCC4C(=O)C(=O)CCC43C)C1CCC2=O. The summed E-state index contributed by atoms with van der Waals surface area (Å²) >= 11 is 0. The molecule has 4 saturated carbocycles. The fourth-order valence-corrected chi connectivity index (χ4v) is 6.72. The zero-order valence-corrected chi connectivity index (χ0v) is 13.7. The molecule has 22 heavy (non-hydrogen) atoms. The maximum Gasteiger partial charge on any atom is 0.201 e. The maximum absolute atomic E-state index is 12.4. The quantitative estimate of drug-likeness (QED) is 0.645. The first-order chi connectivity index (χ1) is 10.4. The third-order valence-corrected chi connectivity index (χ3v) is 8.06. The van der Waals surface area contributed by atoms with Crippen molar-refractivity contribution in [3.05, 3.63) is 0 Å². The van der Waals surface area contributed by atoms with Gasteiger partial charge in [0.1, 0.15) is 5.78 Å². The highest BCUT2D eigenvalue weighted by Crippen LogP contribution is 2.64. The van der Waals surface area contributed by atoms with E-state index in [4.69, 9.17) is 0 Å². The van der Waals surface area contributed by atoms with Crippen LogP contribution in [0.2, 0.25) is 0 Å². The second-order valence-electron chi connectivity index (χ2n) is 8.72. The van der Waals surface area contributed by atoms with Crippen molar-refractivity contribution in [2.45, 2.75) is 65.2 Å². The molecule has 0 amide bonds. The molecule has 3 nitrogen and oxygen atoms in total. The number of Topliss-reactive ketones (excluding diaryl/α,β-unsaturated/α-hetero) is 3. The summed E-state index contributed by atoms with van der Waals surface area (Å²) in [5, 5.41) is 0. The van der Waals surface area contributed by atoms with E-state index in [0.717, 1.165) is 44.9 Å². The molecule has 0 radical (unpaired) electrons. The lowest BCUT2D eigenvalue weighted by Crippen LogP contribution is -2.56. The van der Waals surface area contributed by atoms with Crippen molar-refractivity contribution in [3.63, 3.8) is 0 Å². The van der Waals surface area contributed by atoms with E-state index in [0.29, 0.717) is 30.0 Å². The second kappa shape index (κ2) is 4.52. The van der Waals surface area contributed by atoms with Gasteiger partial charge in [0.2, 0.25) is 5.78 Å². The van der Waals surface area contributed by atoms with E-state index in [1.165, 1.54) is 0 Å². The minimum absolute atomic E-state index is 0.000871. The molecule has 6 atom stereocenters. The Morgan fingerprint density at radius 3 is 2.41 bits per heavy atom. The number of hydrogen-bond acceptors (Lipinski definition) is 3. The van der Waals surface area contributed by atoms with Gasteiger partial charge in [-0.2, -0.15) is 0 Å².